The number of ether oxygens (including phenoxy) is 1. The molecule has 0 fully saturated rings. The zero-order valence-electron chi connectivity index (χ0n) is 19.5. The fourth-order valence-corrected chi connectivity index (χ4v) is 4.17. The van der Waals surface area contributed by atoms with Crippen molar-refractivity contribution in [3.8, 4) is 0 Å². The van der Waals surface area contributed by atoms with Gasteiger partial charge in [0.1, 0.15) is 0 Å². The van der Waals surface area contributed by atoms with Crippen molar-refractivity contribution in [2.75, 3.05) is 26.4 Å². The van der Waals surface area contributed by atoms with Gasteiger partial charge in [0.2, 0.25) is 0 Å². The summed E-state index contributed by atoms with van der Waals surface area (Å²) in [6.45, 7) is 15.1. The van der Waals surface area contributed by atoms with Crippen LogP contribution in [-0.4, -0.2) is 43.2 Å². The van der Waals surface area contributed by atoms with E-state index in [1.54, 1.807) is 0 Å². The van der Waals surface area contributed by atoms with Crippen LogP contribution in [-0.2, 0) is 23.1 Å². The number of rotatable bonds is 18. The molecule has 0 aliphatic rings. The van der Waals surface area contributed by atoms with Crippen LogP contribution in [0.5, 0.6) is 0 Å². The first kappa shape index (κ1) is 29.3. The standard InChI is InChI=1S/C24H39O6P/c1-7-16-29-31(27,30-17-8-2)23(24(25)26)19-28-18-15-22(6)14-10-13-21(5)12-9-11-20(3)4/h7-8,11,13,15,23H,1-2,9-10,12,14,16-19H2,3-6H3,(H,25,26)/b21-13+,22-15+. The van der Waals surface area contributed by atoms with E-state index < -0.39 is 19.2 Å². The normalized spacial score (nSPS) is 13.5. The largest absolute Gasteiger partial charge is 0.480 e. The SMILES string of the molecule is C=CCOP(=O)(OCC=C)C(COC/C=C(\C)CC/C=C(\C)CCC=C(C)C)C(=O)O. The lowest BCUT2D eigenvalue weighted by molar-refractivity contribution is -0.138. The fraction of sp³-hybridized carbons (Fsp3) is 0.542. The van der Waals surface area contributed by atoms with Gasteiger partial charge in [0.05, 0.1) is 26.4 Å². The zero-order valence-corrected chi connectivity index (χ0v) is 20.4. The summed E-state index contributed by atoms with van der Waals surface area (Å²) in [7, 11) is -3.93. The Labute approximate surface area is 187 Å². The molecule has 1 N–H and O–H groups in total. The van der Waals surface area contributed by atoms with Crippen LogP contribution in [0.15, 0.2) is 60.3 Å². The maximum absolute atomic E-state index is 12.9. The van der Waals surface area contributed by atoms with Crippen LogP contribution in [0, 0.1) is 0 Å². The van der Waals surface area contributed by atoms with Gasteiger partial charge >= 0.3 is 13.6 Å². The monoisotopic (exact) mass is 454 g/mol. The van der Waals surface area contributed by atoms with E-state index in [2.05, 4.69) is 46.1 Å². The van der Waals surface area contributed by atoms with Gasteiger partial charge in [-0.2, -0.15) is 0 Å². The molecule has 7 heteroatoms. The molecule has 0 saturated carbocycles. The first-order valence-electron chi connectivity index (χ1n) is 10.5. The summed E-state index contributed by atoms with van der Waals surface area (Å²) in [6, 6.07) is 0. The molecule has 0 amide bonds. The number of hydrogen-bond donors (Lipinski definition) is 1. The average molecular weight is 455 g/mol. The molecule has 0 saturated heterocycles. The van der Waals surface area contributed by atoms with Gasteiger partial charge in [-0.15, -0.1) is 13.2 Å². The van der Waals surface area contributed by atoms with E-state index in [4.69, 9.17) is 13.8 Å². The predicted molar refractivity (Wildman–Crippen MR) is 128 cm³/mol. The van der Waals surface area contributed by atoms with E-state index in [0.717, 1.165) is 31.3 Å². The zero-order chi connectivity index (χ0) is 23.7. The quantitative estimate of drug-likeness (QED) is 0.145. The summed E-state index contributed by atoms with van der Waals surface area (Å²) in [4.78, 5) is 11.6. The summed E-state index contributed by atoms with van der Waals surface area (Å²) in [5, 5.41) is 9.49. The Bertz CT molecular complexity index is 685. The number of carboxylic acids is 1. The first-order chi connectivity index (χ1) is 14.7. The van der Waals surface area contributed by atoms with E-state index in [9.17, 15) is 14.5 Å². The highest BCUT2D eigenvalue weighted by atomic mass is 31.2. The molecule has 0 spiro atoms. The maximum Gasteiger partial charge on any atom is 0.347 e. The number of aliphatic carboxylic acids is 1. The van der Waals surface area contributed by atoms with Crippen LogP contribution in [0.3, 0.4) is 0 Å². The third kappa shape index (κ3) is 14.1. The minimum atomic E-state index is -3.93. The van der Waals surface area contributed by atoms with Crippen LogP contribution in [0.4, 0.5) is 0 Å². The number of hydrogen-bond acceptors (Lipinski definition) is 5. The van der Waals surface area contributed by atoms with Crippen molar-refractivity contribution in [1.29, 1.82) is 0 Å². The molecule has 0 aliphatic carbocycles. The smallest absolute Gasteiger partial charge is 0.347 e. The molecule has 0 aromatic rings. The molecular weight excluding hydrogens is 415 g/mol. The second-order valence-electron chi connectivity index (χ2n) is 7.56. The molecular formula is C24H39O6P. The lowest BCUT2D eigenvalue weighted by Crippen LogP contribution is -2.28. The molecule has 1 unspecified atom stereocenters. The third-order valence-corrected chi connectivity index (χ3v) is 6.51. The summed E-state index contributed by atoms with van der Waals surface area (Å²) >= 11 is 0. The number of carbonyl (C=O) groups is 1. The van der Waals surface area contributed by atoms with Gasteiger partial charge in [0.15, 0.2) is 5.66 Å². The van der Waals surface area contributed by atoms with Gasteiger partial charge in [-0.25, -0.2) is 0 Å². The second-order valence-corrected chi connectivity index (χ2v) is 9.78. The van der Waals surface area contributed by atoms with Crippen molar-refractivity contribution in [3.63, 3.8) is 0 Å². The molecule has 6 nitrogen and oxygen atoms in total. The summed E-state index contributed by atoms with van der Waals surface area (Å²) < 4.78 is 28.7. The average Bonchev–Trinajstić information content (AvgIpc) is 2.70. The van der Waals surface area contributed by atoms with Crippen LogP contribution in [0.25, 0.3) is 0 Å². The van der Waals surface area contributed by atoms with Crippen molar-refractivity contribution in [2.24, 2.45) is 0 Å². The molecule has 0 radical (unpaired) electrons. The third-order valence-electron chi connectivity index (χ3n) is 4.36. The van der Waals surface area contributed by atoms with Crippen molar-refractivity contribution >= 4 is 13.6 Å². The van der Waals surface area contributed by atoms with Crippen LogP contribution < -0.4 is 0 Å². The van der Waals surface area contributed by atoms with E-state index in [0.29, 0.717) is 0 Å². The number of allylic oxidation sites excluding steroid dienone is 5. The van der Waals surface area contributed by atoms with Gasteiger partial charge in [0.25, 0.3) is 0 Å². The highest BCUT2D eigenvalue weighted by Crippen LogP contribution is 2.53. The van der Waals surface area contributed by atoms with Gasteiger partial charge in [0, 0.05) is 0 Å². The van der Waals surface area contributed by atoms with E-state index in [1.165, 1.54) is 23.3 Å². The van der Waals surface area contributed by atoms with E-state index in [1.807, 2.05) is 13.0 Å². The lowest BCUT2D eigenvalue weighted by Gasteiger charge is -2.23. The van der Waals surface area contributed by atoms with Gasteiger partial charge in [-0.1, -0.05) is 47.1 Å². The predicted octanol–water partition coefficient (Wildman–Crippen LogP) is 6.47. The molecule has 31 heavy (non-hydrogen) atoms. The topological polar surface area (TPSA) is 82.1 Å². The van der Waals surface area contributed by atoms with Crippen LogP contribution >= 0.6 is 7.60 Å². The van der Waals surface area contributed by atoms with Gasteiger partial charge in [-0.05, 0) is 53.4 Å². The molecule has 0 heterocycles. The van der Waals surface area contributed by atoms with E-state index in [-0.39, 0.29) is 26.4 Å². The van der Waals surface area contributed by atoms with E-state index >= 15 is 0 Å². The second kappa shape index (κ2) is 16.9. The van der Waals surface area contributed by atoms with Crippen LogP contribution in [0.2, 0.25) is 0 Å². The van der Waals surface area contributed by atoms with Crippen molar-refractivity contribution < 1.29 is 28.3 Å². The molecule has 1 atom stereocenters. The summed E-state index contributed by atoms with van der Waals surface area (Å²) in [5.41, 5.74) is 2.44. The van der Waals surface area contributed by atoms with Crippen molar-refractivity contribution in [3.05, 3.63) is 60.3 Å². The Balaban J connectivity index is 4.64. The highest BCUT2D eigenvalue weighted by Gasteiger charge is 2.41. The van der Waals surface area contributed by atoms with Crippen molar-refractivity contribution in [2.45, 2.75) is 59.0 Å². The summed E-state index contributed by atoms with van der Waals surface area (Å²) in [5.74, 6) is -1.30. The highest BCUT2D eigenvalue weighted by molar-refractivity contribution is 7.55. The Kier molecular flexibility index (Phi) is 16.0. The Morgan fingerprint density at radius 2 is 1.42 bits per heavy atom. The molecule has 176 valence electrons. The molecule has 0 aromatic carbocycles. The molecule has 0 aliphatic heterocycles. The lowest BCUT2D eigenvalue weighted by atomic mass is 10.1. The Hall–Kier alpha value is -1.72. The van der Waals surface area contributed by atoms with Gasteiger partial charge < -0.3 is 18.9 Å². The number of carboxylic acid groups (broad SMARTS) is 1. The molecule has 0 aromatic heterocycles. The van der Waals surface area contributed by atoms with Crippen LogP contribution in [0.1, 0.15) is 53.4 Å². The Morgan fingerprint density at radius 3 is 1.90 bits per heavy atom. The Morgan fingerprint density at radius 1 is 0.903 bits per heavy atom. The fourth-order valence-electron chi connectivity index (χ4n) is 2.55. The van der Waals surface area contributed by atoms with Gasteiger partial charge in [-0.3, -0.25) is 9.36 Å². The first-order valence-corrected chi connectivity index (χ1v) is 12.1. The maximum atomic E-state index is 12.9. The minimum Gasteiger partial charge on any atom is -0.480 e. The van der Waals surface area contributed by atoms with Crippen molar-refractivity contribution in [1.82, 2.24) is 0 Å². The molecule has 0 rings (SSSR count). The minimum absolute atomic E-state index is 0.0848. The molecule has 0 bridgehead atoms. The summed E-state index contributed by atoms with van der Waals surface area (Å²) in [6.07, 6.45) is 13.1.